The molecular weight excluding hydrogens is 569 g/mol. The van der Waals surface area contributed by atoms with Gasteiger partial charge in [-0.15, -0.1) is 0 Å². The first-order chi connectivity index (χ1) is 20.3. The van der Waals surface area contributed by atoms with Crippen molar-refractivity contribution in [2.24, 2.45) is 4.99 Å². The highest BCUT2D eigenvalue weighted by Gasteiger charge is 2.43. The van der Waals surface area contributed by atoms with Gasteiger partial charge < -0.3 is 14.6 Å². The van der Waals surface area contributed by atoms with E-state index in [1.165, 1.54) is 0 Å². The van der Waals surface area contributed by atoms with Crippen molar-refractivity contribution in [3.63, 3.8) is 0 Å². The van der Waals surface area contributed by atoms with Crippen LogP contribution in [-0.2, 0) is 16.9 Å². The lowest BCUT2D eigenvalue weighted by Gasteiger charge is -2.35. The van der Waals surface area contributed by atoms with Crippen LogP contribution in [0.15, 0.2) is 77.9 Å². The molecule has 3 heterocycles. The maximum Gasteiger partial charge on any atom is 0.209 e. The molecule has 4 aromatic rings. The Morgan fingerprint density at radius 3 is 2.64 bits per heavy atom. The minimum atomic E-state index is -0.295. The third-order valence-corrected chi connectivity index (χ3v) is 9.16. The standard InChI is InChI=1S/C33H34Cl2N5O2/c1-4-42-27-7-5-6-26(16-27)40(19-23-8-10-25(34)11-9-23)21-36-18-31(40)28-14-24-15-32(37-30(24)17-29(28)35)33(38(2)3)12-13-39(20-33)22-41/h5-11,14-18,21-22,37H,4,12-13,19-20H2,1-3H3/q+1/t33-,40?/m0/s1. The lowest BCUT2D eigenvalue weighted by atomic mass is 9.92. The first-order valence-corrected chi connectivity index (χ1v) is 14.8. The predicted octanol–water partition coefficient (Wildman–Crippen LogP) is 7.04. The number of aromatic amines is 1. The Hall–Kier alpha value is -3.62. The molecule has 6 rings (SSSR count). The first kappa shape index (κ1) is 28.5. The zero-order valence-corrected chi connectivity index (χ0v) is 25.5. The van der Waals surface area contributed by atoms with Gasteiger partial charge in [-0.2, -0.15) is 0 Å². The number of hydrogen-bond donors (Lipinski definition) is 1. The van der Waals surface area contributed by atoms with Crippen LogP contribution in [0.2, 0.25) is 10.0 Å². The van der Waals surface area contributed by atoms with Gasteiger partial charge in [-0.3, -0.25) is 9.69 Å². The Morgan fingerprint density at radius 1 is 1.12 bits per heavy atom. The van der Waals surface area contributed by atoms with Gasteiger partial charge in [-0.1, -0.05) is 41.4 Å². The number of rotatable bonds is 9. The number of benzene rings is 3. The van der Waals surface area contributed by atoms with Crippen LogP contribution in [0, 0.1) is 0 Å². The minimum absolute atomic E-state index is 0.295. The van der Waals surface area contributed by atoms with E-state index >= 15 is 0 Å². The molecule has 2 atom stereocenters. The Kier molecular flexibility index (Phi) is 7.62. The Labute approximate surface area is 256 Å². The summed E-state index contributed by atoms with van der Waals surface area (Å²) in [7, 11) is 4.13. The number of halogens is 2. The molecule has 0 bridgehead atoms. The lowest BCUT2D eigenvalue weighted by Crippen LogP contribution is -2.44. The third kappa shape index (κ3) is 4.90. The van der Waals surface area contributed by atoms with Crippen LogP contribution in [0.5, 0.6) is 5.75 Å². The van der Waals surface area contributed by atoms with Crippen LogP contribution in [-0.4, -0.2) is 61.3 Å². The average molecular weight is 604 g/mol. The van der Waals surface area contributed by atoms with E-state index in [9.17, 15) is 4.79 Å². The van der Waals surface area contributed by atoms with E-state index in [1.807, 2.05) is 66.8 Å². The van der Waals surface area contributed by atoms with Crippen LogP contribution in [0.25, 0.3) is 16.6 Å². The van der Waals surface area contributed by atoms with Gasteiger partial charge in [0.25, 0.3) is 0 Å². The number of fused-ring (bicyclic) bond motifs is 1. The lowest BCUT2D eigenvalue weighted by molar-refractivity contribution is -0.117. The smallest absolute Gasteiger partial charge is 0.209 e. The Morgan fingerprint density at radius 2 is 1.93 bits per heavy atom. The van der Waals surface area contributed by atoms with Gasteiger partial charge in [-0.25, -0.2) is 9.48 Å². The predicted molar refractivity (Wildman–Crippen MR) is 172 cm³/mol. The van der Waals surface area contributed by atoms with E-state index in [2.05, 4.69) is 48.2 Å². The molecule has 0 spiro atoms. The molecule has 7 nitrogen and oxygen atoms in total. The quantitative estimate of drug-likeness (QED) is 0.165. The summed E-state index contributed by atoms with van der Waals surface area (Å²) in [6.07, 6.45) is 5.66. The number of H-pyrrole nitrogens is 1. The highest BCUT2D eigenvalue weighted by molar-refractivity contribution is 6.33. The molecule has 1 N–H and O–H groups in total. The van der Waals surface area contributed by atoms with Gasteiger partial charge in [0.05, 0.1) is 28.9 Å². The number of likely N-dealkylation sites (tertiary alicyclic amines) is 1. The largest absolute Gasteiger partial charge is 0.494 e. The summed E-state index contributed by atoms with van der Waals surface area (Å²) in [5.74, 6) is 0.801. The van der Waals surface area contributed by atoms with Crippen molar-refractivity contribution < 1.29 is 9.53 Å². The molecule has 42 heavy (non-hydrogen) atoms. The second-order valence-corrected chi connectivity index (χ2v) is 12.1. The summed E-state index contributed by atoms with van der Waals surface area (Å²) >= 11 is 13.3. The summed E-state index contributed by atoms with van der Waals surface area (Å²) in [6, 6.07) is 22.4. The number of quaternary nitrogens is 1. The van der Waals surface area contributed by atoms with Gasteiger partial charge in [0.1, 0.15) is 18.0 Å². The van der Waals surface area contributed by atoms with E-state index in [0.29, 0.717) is 34.2 Å². The fourth-order valence-corrected chi connectivity index (χ4v) is 6.68. The van der Waals surface area contributed by atoms with Crippen molar-refractivity contribution in [2.75, 3.05) is 33.8 Å². The normalized spacial score (nSPS) is 21.9. The third-order valence-electron chi connectivity index (χ3n) is 8.59. The van der Waals surface area contributed by atoms with Crippen LogP contribution in [0.4, 0.5) is 5.69 Å². The van der Waals surface area contributed by atoms with Gasteiger partial charge in [0.2, 0.25) is 12.7 Å². The molecule has 0 radical (unpaired) electrons. The maximum atomic E-state index is 11.6. The fraction of sp³-hybridized carbons (Fsp3) is 0.273. The van der Waals surface area contributed by atoms with Crippen LogP contribution in [0.1, 0.15) is 30.2 Å². The Bertz CT molecular complexity index is 1700. The number of amides is 1. The molecule has 1 amide bonds. The maximum absolute atomic E-state index is 11.6. The zero-order chi connectivity index (χ0) is 29.5. The number of aromatic nitrogens is 1. The van der Waals surface area contributed by atoms with E-state index in [0.717, 1.165) is 64.2 Å². The summed E-state index contributed by atoms with van der Waals surface area (Å²) in [5.41, 5.74) is 5.72. The molecular formula is C33H34Cl2N5O2+. The monoisotopic (exact) mass is 602 g/mol. The molecule has 1 unspecified atom stereocenters. The van der Waals surface area contributed by atoms with Crippen molar-refractivity contribution in [2.45, 2.75) is 25.4 Å². The van der Waals surface area contributed by atoms with Crippen LogP contribution < -0.4 is 9.22 Å². The molecule has 0 aliphatic carbocycles. The number of carbonyl (C=O) groups excluding carboxylic acids is 1. The first-order valence-electron chi connectivity index (χ1n) is 14.1. The van der Waals surface area contributed by atoms with Crippen molar-refractivity contribution in [3.05, 3.63) is 99.8 Å². The SMILES string of the molecule is CCOc1cccc([N+]2(Cc3ccc(Cl)cc3)C=NC=C2c2cc3cc([C@]4(N(C)C)CCN(C=O)C4)[nH]c3cc2Cl)c1. The topological polar surface area (TPSA) is 60.9 Å². The number of ether oxygens (including phenoxy) is 1. The summed E-state index contributed by atoms with van der Waals surface area (Å²) in [5, 5.41) is 2.38. The van der Waals surface area contributed by atoms with E-state index < -0.39 is 0 Å². The number of hydrogen-bond acceptors (Lipinski definition) is 4. The second-order valence-electron chi connectivity index (χ2n) is 11.2. The molecule has 1 saturated heterocycles. The van der Waals surface area contributed by atoms with E-state index in [-0.39, 0.29) is 5.54 Å². The molecule has 0 saturated carbocycles. The van der Waals surface area contributed by atoms with Crippen molar-refractivity contribution >= 4 is 58.2 Å². The molecule has 2 aliphatic rings. The number of carbonyl (C=O) groups is 1. The number of nitrogens with one attached hydrogen (secondary N) is 1. The summed E-state index contributed by atoms with van der Waals surface area (Å²) in [4.78, 5) is 24.0. The summed E-state index contributed by atoms with van der Waals surface area (Å²) in [6.45, 7) is 4.52. The Balaban J connectivity index is 1.47. The van der Waals surface area contributed by atoms with E-state index in [1.54, 1.807) is 0 Å². The number of likely N-dealkylation sites (N-methyl/N-ethyl adjacent to an activating group) is 1. The highest BCUT2D eigenvalue weighted by Crippen LogP contribution is 2.44. The van der Waals surface area contributed by atoms with Gasteiger partial charge in [0.15, 0.2) is 5.70 Å². The van der Waals surface area contributed by atoms with Crippen LogP contribution in [0.3, 0.4) is 0 Å². The van der Waals surface area contributed by atoms with E-state index in [4.69, 9.17) is 32.9 Å². The van der Waals surface area contributed by atoms with Crippen molar-refractivity contribution in [3.8, 4) is 5.75 Å². The number of aliphatic imine (C=N–C) groups is 1. The van der Waals surface area contributed by atoms with Crippen LogP contribution >= 0.6 is 23.2 Å². The van der Waals surface area contributed by atoms with Gasteiger partial charge in [-0.05, 0) is 63.8 Å². The average Bonchev–Trinajstić information content (AvgIpc) is 3.72. The minimum Gasteiger partial charge on any atom is -0.494 e. The van der Waals surface area contributed by atoms with Crippen molar-refractivity contribution in [1.82, 2.24) is 19.3 Å². The molecule has 9 heteroatoms. The summed E-state index contributed by atoms with van der Waals surface area (Å²) < 4.78 is 6.22. The molecule has 1 fully saturated rings. The van der Waals surface area contributed by atoms with Crippen molar-refractivity contribution in [1.29, 1.82) is 0 Å². The fourth-order valence-electron chi connectivity index (χ4n) is 6.30. The van der Waals surface area contributed by atoms with Gasteiger partial charge >= 0.3 is 0 Å². The highest BCUT2D eigenvalue weighted by atomic mass is 35.5. The van der Waals surface area contributed by atoms with Gasteiger partial charge in [0, 0.05) is 52.4 Å². The molecule has 216 valence electrons. The molecule has 3 aromatic carbocycles. The number of nitrogens with zero attached hydrogens (tertiary/aromatic N) is 4. The molecule has 1 aromatic heterocycles. The second kappa shape index (κ2) is 11.2. The molecule has 2 aliphatic heterocycles. The zero-order valence-electron chi connectivity index (χ0n) is 24.0.